The maximum atomic E-state index is 14.4. The number of rotatable bonds is 10. The average molecular weight is 605 g/mol. The quantitative estimate of drug-likeness (QED) is 0.184. The van der Waals surface area contributed by atoms with Gasteiger partial charge in [0, 0.05) is 45.3 Å². The monoisotopic (exact) mass is 604 g/mol. The summed E-state index contributed by atoms with van der Waals surface area (Å²) in [5.74, 6) is -0.986. The molecule has 16 heteroatoms. The van der Waals surface area contributed by atoms with E-state index in [1.165, 1.54) is 6.07 Å². The zero-order valence-electron chi connectivity index (χ0n) is 22.4. The zero-order valence-corrected chi connectivity index (χ0v) is 22.4. The second kappa shape index (κ2) is 15.0. The number of ether oxygens (including phenoxy) is 1. The van der Waals surface area contributed by atoms with Crippen molar-refractivity contribution in [3.63, 3.8) is 0 Å². The van der Waals surface area contributed by atoms with Crippen molar-refractivity contribution < 1.29 is 40.3 Å². The van der Waals surface area contributed by atoms with Gasteiger partial charge in [0.1, 0.15) is 11.4 Å². The van der Waals surface area contributed by atoms with Crippen LogP contribution in [0, 0.1) is 5.82 Å². The SMILES string of the molecule is COCCCCCN(C)/C=C\c1cc(-c2ncc(C(F)(F)F)cn2)c(F)cc1C=O.Nc1cn[nH]c(=O)c1C(F)(F)F. The van der Waals surface area contributed by atoms with E-state index in [0.717, 1.165) is 38.1 Å². The first-order valence-electron chi connectivity index (χ1n) is 12.1. The molecule has 9 nitrogen and oxygen atoms in total. The maximum absolute atomic E-state index is 14.4. The van der Waals surface area contributed by atoms with Gasteiger partial charge < -0.3 is 15.4 Å². The molecule has 0 amide bonds. The number of nitrogens with zero attached hydrogens (tertiary/aromatic N) is 4. The minimum absolute atomic E-state index is 0.0869. The first kappa shape index (κ1) is 33.9. The van der Waals surface area contributed by atoms with Crippen LogP contribution in [0.1, 0.15) is 46.3 Å². The number of unbranched alkanes of at least 4 members (excludes halogenated alkanes) is 2. The topological polar surface area (TPSA) is 127 Å². The largest absolute Gasteiger partial charge is 0.423 e. The number of nitrogens with two attached hydrogens (primary N) is 1. The molecular weight excluding hydrogens is 577 g/mol. The van der Waals surface area contributed by atoms with Gasteiger partial charge in [0.2, 0.25) is 0 Å². The van der Waals surface area contributed by atoms with Crippen LogP contribution in [0.3, 0.4) is 0 Å². The molecule has 0 saturated carbocycles. The van der Waals surface area contributed by atoms with E-state index in [2.05, 4.69) is 15.1 Å². The molecular formula is C26H27F7N6O3. The maximum Gasteiger partial charge on any atom is 0.423 e. The number of alkyl halides is 6. The summed E-state index contributed by atoms with van der Waals surface area (Å²) in [6.45, 7) is 1.50. The molecule has 2 aromatic heterocycles. The minimum atomic E-state index is -4.74. The summed E-state index contributed by atoms with van der Waals surface area (Å²) in [5, 5.41) is 4.74. The van der Waals surface area contributed by atoms with Crippen LogP contribution in [0.5, 0.6) is 0 Å². The Morgan fingerprint density at radius 1 is 1.00 bits per heavy atom. The predicted molar refractivity (Wildman–Crippen MR) is 139 cm³/mol. The molecule has 0 saturated heterocycles. The summed E-state index contributed by atoms with van der Waals surface area (Å²) in [7, 11) is 3.53. The van der Waals surface area contributed by atoms with E-state index in [4.69, 9.17) is 10.5 Å². The number of hydrogen-bond donors (Lipinski definition) is 2. The third-order valence-electron chi connectivity index (χ3n) is 5.56. The number of H-pyrrole nitrogens is 1. The summed E-state index contributed by atoms with van der Waals surface area (Å²) >= 11 is 0. The standard InChI is InChI=1S/C21H23F4N3O2.C5H4F3N3O/c1-28(7-4-3-5-9-30-2)8-6-15-10-18(19(22)11-16(15)14-29)20-26-12-17(13-27-20)21(23,24)25;6-5(7,8)3-2(9)1-10-11-4(3)12/h6,8,10-14H,3-5,7,9H2,1-2H3;1H,(H3,9,11,12)/b8-6-;. The summed E-state index contributed by atoms with van der Waals surface area (Å²) in [4.78, 5) is 31.1. The van der Waals surface area contributed by atoms with Crippen molar-refractivity contribution in [2.75, 3.05) is 33.0 Å². The highest BCUT2D eigenvalue weighted by molar-refractivity contribution is 5.84. The van der Waals surface area contributed by atoms with Gasteiger partial charge in [0.25, 0.3) is 5.56 Å². The van der Waals surface area contributed by atoms with Crippen LogP contribution in [0.15, 0.2) is 41.7 Å². The van der Waals surface area contributed by atoms with E-state index < -0.39 is 40.5 Å². The zero-order chi connectivity index (χ0) is 31.5. The van der Waals surface area contributed by atoms with E-state index in [-0.39, 0.29) is 17.0 Å². The van der Waals surface area contributed by atoms with Gasteiger partial charge in [-0.2, -0.15) is 31.4 Å². The Bertz CT molecular complexity index is 1410. The van der Waals surface area contributed by atoms with E-state index in [9.17, 15) is 40.3 Å². The number of methoxy groups -OCH3 is 1. The predicted octanol–water partition coefficient (Wildman–Crippen LogP) is 5.20. The smallest absolute Gasteiger partial charge is 0.397 e. The van der Waals surface area contributed by atoms with Crippen LogP contribution in [0.4, 0.5) is 36.4 Å². The third kappa shape index (κ3) is 9.94. The summed E-state index contributed by atoms with van der Waals surface area (Å²) < 4.78 is 93.4. The molecule has 0 unspecified atom stereocenters. The van der Waals surface area contributed by atoms with Crippen LogP contribution in [0.25, 0.3) is 17.5 Å². The number of carbonyl (C=O) groups is 1. The number of anilines is 1. The second-order valence-electron chi connectivity index (χ2n) is 8.75. The lowest BCUT2D eigenvalue weighted by Crippen LogP contribution is -2.24. The Morgan fingerprint density at radius 3 is 2.19 bits per heavy atom. The highest BCUT2D eigenvalue weighted by Gasteiger charge is 2.36. The van der Waals surface area contributed by atoms with Gasteiger partial charge in [0.15, 0.2) is 12.1 Å². The Kier molecular flexibility index (Phi) is 12.1. The molecule has 0 aliphatic rings. The van der Waals surface area contributed by atoms with Crippen molar-refractivity contribution in [1.82, 2.24) is 25.1 Å². The number of halogens is 7. The van der Waals surface area contributed by atoms with Crippen molar-refractivity contribution in [3.8, 4) is 11.4 Å². The van der Waals surface area contributed by atoms with E-state index in [1.807, 2.05) is 11.9 Å². The molecule has 3 rings (SSSR count). The van der Waals surface area contributed by atoms with Gasteiger partial charge in [-0.1, -0.05) is 0 Å². The number of hydrogen-bond acceptors (Lipinski definition) is 8. The number of aromatic nitrogens is 4. The molecule has 0 bridgehead atoms. The number of benzene rings is 1. The number of carbonyl (C=O) groups excluding carboxylic acids is 1. The summed E-state index contributed by atoms with van der Waals surface area (Å²) in [6, 6.07) is 2.37. The molecule has 0 atom stereocenters. The molecule has 0 aliphatic heterocycles. The van der Waals surface area contributed by atoms with Gasteiger partial charge in [-0.3, -0.25) is 9.59 Å². The van der Waals surface area contributed by atoms with Gasteiger partial charge in [0.05, 0.1) is 23.0 Å². The molecule has 0 radical (unpaired) electrons. The van der Waals surface area contributed by atoms with Gasteiger partial charge in [-0.25, -0.2) is 19.5 Å². The average Bonchev–Trinajstić information content (AvgIpc) is 2.91. The van der Waals surface area contributed by atoms with Gasteiger partial charge >= 0.3 is 12.4 Å². The fourth-order valence-corrected chi connectivity index (χ4v) is 3.41. The third-order valence-corrected chi connectivity index (χ3v) is 5.56. The fraction of sp³-hybridized carbons (Fsp3) is 0.346. The molecule has 0 spiro atoms. The Morgan fingerprint density at radius 2 is 1.67 bits per heavy atom. The van der Waals surface area contributed by atoms with E-state index in [1.54, 1.807) is 24.5 Å². The summed E-state index contributed by atoms with van der Waals surface area (Å²) in [5.41, 5.74) is 0.914. The van der Waals surface area contributed by atoms with Crippen LogP contribution in [0.2, 0.25) is 0 Å². The van der Waals surface area contributed by atoms with Crippen molar-refractivity contribution in [2.45, 2.75) is 31.6 Å². The first-order chi connectivity index (χ1) is 19.7. The molecule has 2 heterocycles. The number of aromatic amines is 1. The second-order valence-corrected chi connectivity index (χ2v) is 8.75. The number of nitrogens with one attached hydrogen (secondary N) is 1. The lowest BCUT2D eigenvalue weighted by molar-refractivity contribution is -0.138. The molecule has 42 heavy (non-hydrogen) atoms. The highest BCUT2D eigenvalue weighted by atomic mass is 19.4. The fourth-order valence-electron chi connectivity index (χ4n) is 3.41. The van der Waals surface area contributed by atoms with Crippen molar-refractivity contribution in [2.24, 2.45) is 0 Å². The Labute approximate surface area is 235 Å². The minimum Gasteiger partial charge on any atom is -0.397 e. The molecule has 228 valence electrons. The van der Waals surface area contributed by atoms with Gasteiger partial charge in [-0.15, -0.1) is 0 Å². The molecule has 3 N–H and O–H groups in total. The van der Waals surface area contributed by atoms with Crippen LogP contribution >= 0.6 is 0 Å². The lowest BCUT2D eigenvalue weighted by atomic mass is 10.0. The summed E-state index contributed by atoms with van der Waals surface area (Å²) in [6.07, 6.45) is -0.519. The van der Waals surface area contributed by atoms with E-state index >= 15 is 0 Å². The van der Waals surface area contributed by atoms with Crippen LogP contribution in [-0.2, 0) is 17.1 Å². The molecule has 1 aromatic carbocycles. The van der Waals surface area contributed by atoms with Crippen molar-refractivity contribution in [1.29, 1.82) is 0 Å². The van der Waals surface area contributed by atoms with Crippen LogP contribution < -0.4 is 11.3 Å². The number of aldehydes is 1. The first-order valence-corrected chi connectivity index (χ1v) is 12.1. The van der Waals surface area contributed by atoms with Crippen molar-refractivity contribution in [3.05, 3.63) is 75.3 Å². The van der Waals surface area contributed by atoms with Gasteiger partial charge in [-0.05, 0) is 49.2 Å². The van der Waals surface area contributed by atoms with E-state index in [0.29, 0.717) is 30.9 Å². The molecule has 0 aliphatic carbocycles. The Hall–Kier alpha value is -4.34. The van der Waals surface area contributed by atoms with Crippen molar-refractivity contribution >= 4 is 18.0 Å². The molecule has 0 fully saturated rings. The highest BCUT2D eigenvalue weighted by Crippen LogP contribution is 2.30. The number of nitrogen functional groups attached to an aromatic ring is 1. The van der Waals surface area contributed by atoms with Crippen LogP contribution in [-0.4, -0.2) is 58.7 Å². The lowest BCUT2D eigenvalue weighted by Gasteiger charge is -2.14. The molecule has 3 aromatic rings. The Balaban J connectivity index is 0.000000428. The normalized spacial score (nSPS) is 11.7.